The quantitative estimate of drug-likeness (QED) is 0.789. The number of hydrogen-bond acceptors (Lipinski definition) is 2. The molecule has 0 atom stereocenters. The van der Waals surface area contributed by atoms with Crippen LogP contribution in [-0.4, -0.2) is 23.8 Å². The van der Waals surface area contributed by atoms with Gasteiger partial charge in [0, 0.05) is 17.7 Å². The lowest BCUT2D eigenvalue weighted by Gasteiger charge is -2.30. The Kier molecular flexibility index (Phi) is 3.66. The van der Waals surface area contributed by atoms with Gasteiger partial charge in [-0.3, -0.25) is 9.69 Å². The largest absolute Gasteiger partial charge is 0.299 e. The lowest BCUT2D eigenvalue weighted by Crippen LogP contribution is -2.36. The number of carbonyl (C=O) groups excluding carboxylic acids is 1. The molecule has 1 saturated heterocycles. The number of aryl methyl sites for hydroxylation is 1. The van der Waals surface area contributed by atoms with Crippen LogP contribution in [0.1, 0.15) is 33.5 Å². The number of ketones is 1. The Morgan fingerprint density at radius 2 is 1.75 bits per heavy atom. The third-order valence-electron chi connectivity index (χ3n) is 3.82. The molecule has 1 aliphatic rings. The molecule has 2 nitrogen and oxygen atoms in total. The second-order valence-electron chi connectivity index (χ2n) is 5.53. The van der Waals surface area contributed by atoms with Crippen molar-refractivity contribution in [1.82, 2.24) is 4.90 Å². The Morgan fingerprint density at radius 1 is 1.05 bits per heavy atom. The third kappa shape index (κ3) is 2.81. The molecule has 0 spiro atoms. The van der Waals surface area contributed by atoms with Gasteiger partial charge in [0.05, 0.1) is 0 Å². The first kappa shape index (κ1) is 13.1. The zero-order valence-electron chi connectivity index (χ0n) is 11.8. The van der Waals surface area contributed by atoms with Crippen LogP contribution in [0, 0.1) is 6.92 Å². The minimum Gasteiger partial charge on any atom is -0.299 e. The van der Waals surface area contributed by atoms with Crippen LogP contribution in [0.3, 0.4) is 0 Å². The summed E-state index contributed by atoms with van der Waals surface area (Å²) in [6.07, 6.45) is 1.29. The van der Waals surface area contributed by atoms with Gasteiger partial charge in [-0.2, -0.15) is 0 Å². The molecule has 0 N–H and O–H groups in total. The molecule has 0 saturated carbocycles. The van der Waals surface area contributed by atoms with Crippen LogP contribution in [0.5, 0.6) is 0 Å². The van der Waals surface area contributed by atoms with Gasteiger partial charge in [0.1, 0.15) is 0 Å². The van der Waals surface area contributed by atoms with Gasteiger partial charge in [0.25, 0.3) is 0 Å². The molecular weight excluding hydrogens is 246 g/mol. The van der Waals surface area contributed by atoms with Crippen molar-refractivity contribution in [3.63, 3.8) is 0 Å². The van der Waals surface area contributed by atoms with Gasteiger partial charge in [0.15, 0.2) is 5.78 Å². The van der Waals surface area contributed by atoms with Crippen molar-refractivity contribution in [2.24, 2.45) is 0 Å². The molecular formula is C18H19NO. The predicted molar refractivity (Wildman–Crippen MR) is 80.9 cm³/mol. The Labute approximate surface area is 120 Å². The van der Waals surface area contributed by atoms with Gasteiger partial charge in [-0.15, -0.1) is 0 Å². The summed E-state index contributed by atoms with van der Waals surface area (Å²) in [5.74, 6) is 0.110. The molecule has 20 heavy (non-hydrogen) atoms. The van der Waals surface area contributed by atoms with Crippen molar-refractivity contribution in [3.05, 3.63) is 70.8 Å². The van der Waals surface area contributed by atoms with Crippen LogP contribution >= 0.6 is 0 Å². The summed E-state index contributed by atoms with van der Waals surface area (Å²) in [4.78, 5) is 14.9. The summed E-state index contributed by atoms with van der Waals surface area (Å²) in [5.41, 5.74) is 3.90. The molecule has 1 heterocycles. The van der Waals surface area contributed by atoms with Crippen molar-refractivity contribution in [2.75, 3.05) is 13.1 Å². The molecule has 0 aromatic heterocycles. The number of likely N-dealkylation sites (tertiary alicyclic amines) is 1. The molecule has 2 aromatic rings. The minimum atomic E-state index is 0.110. The lowest BCUT2D eigenvalue weighted by atomic mass is 9.99. The highest BCUT2D eigenvalue weighted by Crippen LogP contribution is 2.16. The summed E-state index contributed by atoms with van der Waals surface area (Å²) in [7, 11) is 0. The molecule has 0 unspecified atom stereocenters. The smallest absolute Gasteiger partial charge is 0.193 e. The first-order valence-electron chi connectivity index (χ1n) is 7.15. The van der Waals surface area contributed by atoms with Crippen LogP contribution in [-0.2, 0) is 6.54 Å². The Morgan fingerprint density at radius 3 is 2.40 bits per heavy atom. The molecule has 0 aliphatic carbocycles. The average Bonchev–Trinajstić information content (AvgIpc) is 2.42. The zero-order valence-corrected chi connectivity index (χ0v) is 11.8. The van der Waals surface area contributed by atoms with E-state index in [1.165, 1.54) is 25.1 Å². The highest BCUT2D eigenvalue weighted by Gasteiger charge is 2.15. The number of nitrogens with zero attached hydrogens (tertiary/aromatic N) is 1. The second-order valence-corrected chi connectivity index (χ2v) is 5.53. The second kappa shape index (κ2) is 5.59. The van der Waals surface area contributed by atoms with Crippen LogP contribution in [0.4, 0.5) is 0 Å². The molecule has 102 valence electrons. The van der Waals surface area contributed by atoms with Gasteiger partial charge in [0.2, 0.25) is 0 Å². The third-order valence-corrected chi connectivity index (χ3v) is 3.82. The molecule has 0 bridgehead atoms. The van der Waals surface area contributed by atoms with Gasteiger partial charge >= 0.3 is 0 Å². The molecule has 0 amide bonds. The van der Waals surface area contributed by atoms with E-state index in [1.54, 1.807) is 0 Å². The van der Waals surface area contributed by atoms with Gasteiger partial charge in [-0.05, 0) is 44.1 Å². The monoisotopic (exact) mass is 265 g/mol. The fourth-order valence-electron chi connectivity index (χ4n) is 2.56. The van der Waals surface area contributed by atoms with Crippen molar-refractivity contribution < 1.29 is 4.79 Å². The normalized spacial score (nSPS) is 14.8. The van der Waals surface area contributed by atoms with Gasteiger partial charge < -0.3 is 0 Å². The molecule has 0 radical (unpaired) electrons. The average molecular weight is 265 g/mol. The van der Waals surface area contributed by atoms with E-state index in [2.05, 4.69) is 11.0 Å². The van der Waals surface area contributed by atoms with E-state index in [0.29, 0.717) is 0 Å². The Balaban J connectivity index is 1.82. The van der Waals surface area contributed by atoms with Crippen molar-refractivity contribution in [3.8, 4) is 0 Å². The fraction of sp³-hybridized carbons (Fsp3) is 0.278. The van der Waals surface area contributed by atoms with E-state index in [-0.39, 0.29) is 5.78 Å². The van der Waals surface area contributed by atoms with Gasteiger partial charge in [-0.25, -0.2) is 0 Å². The van der Waals surface area contributed by atoms with Crippen molar-refractivity contribution >= 4 is 5.78 Å². The first-order chi connectivity index (χ1) is 9.72. The molecule has 3 rings (SSSR count). The number of carbonyl (C=O) groups is 1. The molecule has 2 heteroatoms. The zero-order chi connectivity index (χ0) is 13.9. The Hall–Kier alpha value is -1.93. The number of rotatable bonds is 4. The number of benzene rings is 2. The SMILES string of the molecule is Cc1cccc(C(=O)c2cccc(CN3CCC3)c2)c1. The molecule has 1 aliphatic heterocycles. The molecule has 1 fully saturated rings. The van der Waals surface area contributed by atoms with E-state index in [0.717, 1.165) is 23.2 Å². The standard InChI is InChI=1S/C18H19NO/c1-14-5-2-7-16(11-14)18(20)17-8-3-6-15(12-17)13-19-9-4-10-19/h2-3,5-8,11-12H,4,9-10,13H2,1H3. The first-order valence-corrected chi connectivity index (χ1v) is 7.15. The maximum absolute atomic E-state index is 12.5. The van der Waals surface area contributed by atoms with Gasteiger partial charge in [-0.1, -0.05) is 42.0 Å². The maximum atomic E-state index is 12.5. The fourth-order valence-corrected chi connectivity index (χ4v) is 2.56. The van der Waals surface area contributed by atoms with Crippen molar-refractivity contribution in [1.29, 1.82) is 0 Å². The van der Waals surface area contributed by atoms with Crippen LogP contribution in [0.25, 0.3) is 0 Å². The summed E-state index contributed by atoms with van der Waals surface area (Å²) in [6.45, 7) is 5.32. The summed E-state index contributed by atoms with van der Waals surface area (Å²) in [5, 5.41) is 0. The van der Waals surface area contributed by atoms with Crippen molar-refractivity contribution in [2.45, 2.75) is 19.9 Å². The van der Waals surface area contributed by atoms with Crippen LogP contribution in [0.15, 0.2) is 48.5 Å². The van der Waals surface area contributed by atoms with Crippen LogP contribution < -0.4 is 0 Å². The molecule has 2 aromatic carbocycles. The van der Waals surface area contributed by atoms with E-state index in [1.807, 2.05) is 49.4 Å². The minimum absolute atomic E-state index is 0.110. The maximum Gasteiger partial charge on any atom is 0.193 e. The lowest BCUT2D eigenvalue weighted by molar-refractivity contribution is 0.103. The van der Waals surface area contributed by atoms with Crippen LogP contribution in [0.2, 0.25) is 0 Å². The van der Waals surface area contributed by atoms with E-state index in [4.69, 9.17) is 0 Å². The Bertz CT molecular complexity index is 629. The highest BCUT2D eigenvalue weighted by atomic mass is 16.1. The van der Waals surface area contributed by atoms with E-state index < -0.39 is 0 Å². The number of hydrogen-bond donors (Lipinski definition) is 0. The van der Waals surface area contributed by atoms with E-state index >= 15 is 0 Å². The summed E-state index contributed by atoms with van der Waals surface area (Å²) in [6, 6.07) is 15.8. The van der Waals surface area contributed by atoms with E-state index in [9.17, 15) is 4.79 Å². The topological polar surface area (TPSA) is 20.3 Å². The predicted octanol–water partition coefficient (Wildman–Crippen LogP) is 3.43. The highest BCUT2D eigenvalue weighted by molar-refractivity contribution is 6.09. The summed E-state index contributed by atoms with van der Waals surface area (Å²) < 4.78 is 0. The summed E-state index contributed by atoms with van der Waals surface area (Å²) >= 11 is 0.